The SMILES string of the molecule is CCCCCCCCNC1NCCC2c3ccc(OC)cc3CCN12. The monoisotopic (exact) mass is 345 g/mol. The van der Waals surface area contributed by atoms with Crippen LogP contribution in [-0.4, -0.2) is 37.9 Å². The van der Waals surface area contributed by atoms with E-state index in [4.69, 9.17) is 4.74 Å². The van der Waals surface area contributed by atoms with Gasteiger partial charge in [0.2, 0.25) is 0 Å². The molecule has 2 aliphatic rings. The van der Waals surface area contributed by atoms with Crippen LogP contribution in [0.2, 0.25) is 0 Å². The Labute approximate surface area is 153 Å². The highest BCUT2D eigenvalue weighted by Gasteiger charge is 2.34. The Kier molecular flexibility index (Phi) is 7.14. The molecule has 1 aromatic carbocycles. The summed E-state index contributed by atoms with van der Waals surface area (Å²) in [5.41, 5.74) is 2.97. The van der Waals surface area contributed by atoms with Crippen LogP contribution >= 0.6 is 0 Å². The van der Waals surface area contributed by atoms with Gasteiger partial charge in [0.1, 0.15) is 12.0 Å². The quantitative estimate of drug-likeness (QED) is 0.667. The molecule has 2 heterocycles. The van der Waals surface area contributed by atoms with E-state index >= 15 is 0 Å². The van der Waals surface area contributed by atoms with E-state index in [9.17, 15) is 0 Å². The smallest absolute Gasteiger partial charge is 0.119 e. The minimum atomic E-state index is 0.324. The summed E-state index contributed by atoms with van der Waals surface area (Å²) in [5.74, 6) is 0.985. The van der Waals surface area contributed by atoms with Gasteiger partial charge in [0, 0.05) is 12.6 Å². The molecule has 0 amide bonds. The highest BCUT2D eigenvalue weighted by Crippen LogP contribution is 2.36. The largest absolute Gasteiger partial charge is 0.497 e. The molecule has 0 saturated carbocycles. The summed E-state index contributed by atoms with van der Waals surface area (Å²) in [7, 11) is 1.75. The standard InChI is InChI=1S/C21H35N3O/c1-3-4-5-6-7-8-13-22-21-23-14-11-20-19-10-9-18(25-2)16-17(19)12-15-24(20)21/h9-10,16,20-23H,3-8,11-15H2,1-2H3. The normalized spacial score (nSPS) is 23.1. The molecule has 2 atom stereocenters. The van der Waals surface area contributed by atoms with E-state index in [0.29, 0.717) is 12.3 Å². The topological polar surface area (TPSA) is 36.5 Å². The first-order chi connectivity index (χ1) is 12.3. The van der Waals surface area contributed by atoms with Gasteiger partial charge in [-0.15, -0.1) is 0 Å². The molecule has 0 spiro atoms. The van der Waals surface area contributed by atoms with Gasteiger partial charge in [0.05, 0.1) is 7.11 Å². The molecule has 0 bridgehead atoms. The lowest BCUT2D eigenvalue weighted by atomic mass is 9.89. The molecule has 0 radical (unpaired) electrons. The summed E-state index contributed by atoms with van der Waals surface area (Å²) in [6.07, 6.45) is 10.8. The molecule has 2 aliphatic heterocycles. The van der Waals surface area contributed by atoms with E-state index in [0.717, 1.165) is 31.8 Å². The Morgan fingerprint density at radius 2 is 2.04 bits per heavy atom. The second-order valence-corrected chi connectivity index (χ2v) is 7.44. The van der Waals surface area contributed by atoms with Gasteiger partial charge in [-0.2, -0.15) is 0 Å². The highest BCUT2D eigenvalue weighted by atomic mass is 16.5. The van der Waals surface area contributed by atoms with Gasteiger partial charge < -0.3 is 4.74 Å². The number of hydrogen-bond acceptors (Lipinski definition) is 4. The minimum absolute atomic E-state index is 0.324. The average molecular weight is 346 g/mol. The van der Waals surface area contributed by atoms with Crippen LogP contribution in [0.5, 0.6) is 5.75 Å². The summed E-state index contributed by atoms with van der Waals surface area (Å²) >= 11 is 0. The zero-order chi connectivity index (χ0) is 17.5. The van der Waals surface area contributed by atoms with Crippen LogP contribution in [0.3, 0.4) is 0 Å². The minimum Gasteiger partial charge on any atom is -0.497 e. The third-order valence-electron chi connectivity index (χ3n) is 5.70. The average Bonchev–Trinajstić information content (AvgIpc) is 2.66. The fraction of sp³-hybridized carbons (Fsp3) is 0.714. The molecular formula is C21H35N3O. The molecular weight excluding hydrogens is 310 g/mol. The number of nitrogens with one attached hydrogen (secondary N) is 2. The summed E-state index contributed by atoms with van der Waals surface area (Å²) in [4.78, 5) is 2.62. The fourth-order valence-electron chi connectivity index (χ4n) is 4.27. The highest BCUT2D eigenvalue weighted by molar-refractivity contribution is 5.39. The van der Waals surface area contributed by atoms with Gasteiger partial charge >= 0.3 is 0 Å². The van der Waals surface area contributed by atoms with Crippen molar-refractivity contribution in [3.05, 3.63) is 29.3 Å². The third kappa shape index (κ3) is 4.75. The lowest BCUT2D eigenvalue weighted by Gasteiger charge is -2.46. The van der Waals surface area contributed by atoms with Crippen LogP contribution in [-0.2, 0) is 6.42 Å². The number of methoxy groups -OCH3 is 1. The van der Waals surface area contributed by atoms with Gasteiger partial charge in [-0.3, -0.25) is 15.5 Å². The Balaban J connectivity index is 1.51. The molecule has 4 nitrogen and oxygen atoms in total. The van der Waals surface area contributed by atoms with Crippen molar-refractivity contribution in [2.45, 2.75) is 70.6 Å². The lowest BCUT2D eigenvalue weighted by Crippen LogP contribution is -2.61. The maximum Gasteiger partial charge on any atom is 0.119 e. The molecule has 3 rings (SSSR count). The van der Waals surface area contributed by atoms with E-state index in [1.807, 2.05) is 0 Å². The van der Waals surface area contributed by atoms with Crippen LogP contribution in [0.1, 0.15) is 69.0 Å². The summed E-state index contributed by atoms with van der Waals surface area (Å²) in [5, 5.41) is 7.43. The number of fused-ring (bicyclic) bond motifs is 3. The van der Waals surface area contributed by atoms with E-state index in [1.165, 1.54) is 56.1 Å². The number of benzene rings is 1. The maximum absolute atomic E-state index is 5.40. The third-order valence-corrected chi connectivity index (χ3v) is 5.70. The molecule has 0 aliphatic carbocycles. The van der Waals surface area contributed by atoms with Crippen LogP contribution in [0.4, 0.5) is 0 Å². The molecule has 1 saturated heterocycles. The zero-order valence-electron chi connectivity index (χ0n) is 16.0. The molecule has 1 fully saturated rings. The number of rotatable bonds is 9. The van der Waals surface area contributed by atoms with Crippen LogP contribution in [0, 0.1) is 0 Å². The Bertz CT molecular complexity index is 534. The Morgan fingerprint density at radius 3 is 2.88 bits per heavy atom. The second-order valence-electron chi connectivity index (χ2n) is 7.44. The van der Waals surface area contributed by atoms with Gasteiger partial charge in [0.25, 0.3) is 0 Å². The Hall–Kier alpha value is -1.10. The first-order valence-corrected chi connectivity index (χ1v) is 10.2. The van der Waals surface area contributed by atoms with Gasteiger partial charge in [-0.1, -0.05) is 45.1 Å². The molecule has 25 heavy (non-hydrogen) atoms. The van der Waals surface area contributed by atoms with E-state index in [-0.39, 0.29) is 0 Å². The predicted molar refractivity (Wildman–Crippen MR) is 104 cm³/mol. The first kappa shape index (κ1) is 18.7. The van der Waals surface area contributed by atoms with Crippen molar-refractivity contribution in [1.82, 2.24) is 15.5 Å². The Morgan fingerprint density at radius 1 is 1.20 bits per heavy atom. The molecule has 0 aromatic heterocycles. The van der Waals surface area contributed by atoms with Gasteiger partial charge in [0.15, 0.2) is 0 Å². The van der Waals surface area contributed by atoms with E-state index < -0.39 is 0 Å². The van der Waals surface area contributed by atoms with Crippen molar-refractivity contribution in [2.24, 2.45) is 0 Å². The van der Waals surface area contributed by atoms with Crippen molar-refractivity contribution in [2.75, 3.05) is 26.7 Å². The predicted octanol–water partition coefficient (Wildman–Crippen LogP) is 3.82. The van der Waals surface area contributed by atoms with Gasteiger partial charge in [-0.25, -0.2) is 0 Å². The van der Waals surface area contributed by atoms with Crippen LogP contribution in [0.25, 0.3) is 0 Å². The van der Waals surface area contributed by atoms with Crippen molar-refractivity contribution in [3.8, 4) is 5.75 Å². The summed E-state index contributed by atoms with van der Waals surface area (Å²) in [6, 6.07) is 7.16. The van der Waals surface area contributed by atoms with E-state index in [2.05, 4.69) is 40.7 Å². The second kappa shape index (κ2) is 9.56. The maximum atomic E-state index is 5.40. The molecule has 4 heteroatoms. The number of ether oxygens (including phenoxy) is 1. The number of unbranched alkanes of at least 4 members (excludes halogenated alkanes) is 5. The van der Waals surface area contributed by atoms with Crippen molar-refractivity contribution in [3.63, 3.8) is 0 Å². The van der Waals surface area contributed by atoms with Crippen molar-refractivity contribution in [1.29, 1.82) is 0 Å². The van der Waals surface area contributed by atoms with Gasteiger partial charge in [-0.05, 0) is 55.6 Å². The lowest BCUT2D eigenvalue weighted by molar-refractivity contribution is 0.0407. The van der Waals surface area contributed by atoms with Crippen LogP contribution in [0.15, 0.2) is 18.2 Å². The molecule has 2 unspecified atom stereocenters. The number of hydrogen-bond donors (Lipinski definition) is 2. The zero-order valence-corrected chi connectivity index (χ0v) is 16.0. The summed E-state index contributed by atoms with van der Waals surface area (Å²) < 4.78 is 5.40. The first-order valence-electron chi connectivity index (χ1n) is 10.2. The molecule has 1 aromatic rings. The fourth-order valence-corrected chi connectivity index (χ4v) is 4.27. The van der Waals surface area contributed by atoms with Crippen molar-refractivity contribution >= 4 is 0 Å². The van der Waals surface area contributed by atoms with E-state index in [1.54, 1.807) is 7.11 Å². The summed E-state index contributed by atoms with van der Waals surface area (Å²) in [6.45, 7) is 5.59. The molecule has 140 valence electrons. The van der Waals surface area contributed by atoms with Crippen molar-refractivity contribution < 1.29 is 4.74 Å². The van der Waals surface area contributed by atoms with Crippen LogP contribution < -0.4 is 15.4 Å². The number of nitrogens with zero attached hydrogens (tertiary/aromatic N) is 1. The molecule has 2 N–H and O–H groups in total.